The van der Waals surface area contributed by atoms with Crippen molar-refractivity contribution in [1.82, 2.24) is 0 Å². The topological polar surface area (TPSA) is 44.5 Å². The number of benzene rings is 1. The van der Waals surface area contributed by atoms with Gasteiger partial charge in [-0.05, 0) is 36.6 Å². The monoisotopic (exact) mass is 241 g/mol. The van der Waals surface area contributed by atoms with Crippen LogP contribution in [0, 0.1) is 0 Å². The predicted octanol–water partition coefficient (Wildman–Crippen LogP) is 2.63. The second-order valence-electron chi connectivity index (χ2n) is 4.03. The van der Waals surface area contributed by atoms with Crippen LogP contribution in [0.1, 0.15) is 30.4 Å². The number of nitrogens with two attached hydrogens (primary N) is 1. The number of rotatable bonds is 6. The summed E-state index contributed by atoms with van der Waals surface area (Å²) in [5, 5.41) is 0. The van der Waals surface area contributed by atoms with Crippen LogP contribution in [0.4, 0.5) is 4.39 Å². The highest BCUT2D eigenvalue weighted by molar-refractivity contribution is 5.50. The molecule has 1 rings (SSSR count). The maximum Gasteiger partial charge on any atom is 0.166 e. The number of hydrogen-bond acceptors (Lipinski definition) is 3. The lowest BCUT2D eigenvalue weighted by Crippen LogP contribution is -2.06. The summed E-state index contributed by atoms with van der Waals surface area (Å²) in [5.74, 6) is 1.32. The number of hydrogen-bond donors (Lipinski definition) is 1. The second-order valence-corrected chi connectivity index (χ2v) is 4.03. The number of alkyl halides is 1. The van der Waals surface area contributed by atoms with Gasteiger partial charge in [-0.1, -0.05) is 6.92 Å². The van der Waals surface area contributed by atoms with Crippen molar-refractivity contribution < 1.29 is 13.9 Å². The quantitative estimate of drug-likeness (QED) is 0.832. The highest BCUT2D eigenvalue weighted by Gasteiger charge is 2.15. The minimum Gasteiger partial charge on any atom is -0.493 e. The normalized spacial score (nSPS) is 12.3. The molecule has 17 heavy (non-hydrogen) atoms. The van der Waals surface area contributed by atoms with E-state index >= 15 is 0 Å². The zero-order valence-corrected chi connectivity index (χ0v) is 10.6. The smallest absolute Gasteiger partial charge is 0.166 e. The van der Waals surface area contributed by atoms with Gasteiger partial charge in [-0.15, -0.1) is 0 Å². The second kappa shape index (κ2) is 6.45. The molecule has 1 aromatic rings. The molecule has 0 fully saturated rings. The summed E-state index contributed by atoms with van der Waals surface area (Å²) < 4.78 is 23.3. The van der Waals surface area contributed by atoms with Crippen LogP contribution in [-0.4, -0.2) is 20.8 Å². The molecular weight excluding hydrogens is 221 g/mol. The molecule has 0 aliphatic carbocycles. The van der Waals surface area contributed by atoms with Gasteiger partial charge in [0.05, 0.1) is 14.2 Å². The number of ether oxygens (including phenoxy) is 2. The molecule has 1 unspecified atom stereocenters. The maximum atomic E-state index is 13.0. The molecule has 1 aromatic carbocycles. The van der Waals surface area contributed by atoms with Crippen LogP contribution in [0.15, 0.2) is 12.1 Å². The van der Waals surface area contributed by atoms with E-state index < -0.39 is 6.67 Å². The van der Waals surface area contributed by atoms with Gasteiger partial charge in [0.1, 0.15) is 6.67 Å². The van der Waals surface area contributed by atoms with Crippen molar-refractivity contribution in [2.45, 2.75) is 25.9 Å². The Morgan fingerprint density at radius 2 is 2.00 bits per heavy atom. The summed E-state index contributed by atoms with van der Waals surface area (Å²) in [7, 11) is 3.07. The Morgan fingerprint density at radius 3 is 2.47 bits per heavy atom. The summed E-state index contributed by atoms with van der Waals surface area (Å²) in [6.07, 6.45) is 0.862. The van der Waals surface area contributed by atoms with Gasteiger partial charge in [-0.3, -0.25) is 0 Å². The minimum absolute atomic E-state index is 0.283. The van der Waals surface area contributed by atoms with Crippen LogP contribution >= 0.6 is 0 Å². The van der Waals surface area contributed by atoms with E-state index in [0.717, 1.165) is 12.0 Å². The number of halogens is 1. The third-order valence-electron chi connectivity index (χ3n) is 2.89. The Bertz CT molecular complexity index is 343. The van der Waals surface area contributed by atoms with Gasteiger partial charge in [-0.2, -0.15) is 0 Å². The van der Waals surface area contributed by atoms with Crippen LogP contribution < -0.4 is 15.2 Å². The van der Waals surface area contributed by atoms with Gasteiger partial charge in [0.2, 0.25) is 0 Å². The average Bonchev–Trinajstić information content (AvgIpc) is 2.37. The molecule has 0 saturated heterocycles. The van der Waals surface area contributed by atoms with E-state index in [1.807, 2.05) is 12.1 Å². The van der Waals surface area contributed by atoms with E-state index in [9.17, 15) is 4.39 Å². The highest BCUT2D eigenvalue weighted by atomic mass is 19.1. The molecule has 0 aliphatic rings. The van der Waals surface area contributed by atoms with Gasteiger partial charge in [0.15, 0.2) is 11.5 Å². The van der Waals surface area contributed by atoms with Crippen LogP contribution in [0.5, 0.6) is 11.5 Å². The molecule has 96 valence electrons. The minimum atomic E-state index is -0.567. The molecule has 0 radical (unpaired) electrons. The highest BCUT2D eigenvalue weighted by Crippen LogP contribution is 2.36. The zero-order valence-electron chi connectivity index (χ0n) is 10.6. The van der Waals surface area contributed by atoms with Crippen molar-refractivity contribution in [2.24, 2.45) is 5.73 Å². The molecule has 0 aromatic heterocycles. The summed E-state index contributed by atoms with van der Waals surface area (Å²) in [4.78, 5) is 0. The van der Waals surface area contributed by atoms with Gasteiger partial charge in [-0.25, -0.2) is 4.39 Å². The van der Waals surface area contributed by atoms with E-state index in [1.54, 1.807) is 7.11 Å². The van der Waals surface area contributed by atoms with Crippen LogP contribution in [0.2, 0.25) is 0 Å². The standard InChI is InChI=1S/C13H20FNO2/c1-9(4-5-15)10-6-11(8-14)13(17-3)12(7-10)16-2/h6-7,9H,4-5,8,15H2,1-3H3. The molecule has 1 atom stereocenters. The Balaban J connectivity index is 3.17. The fourth-order valence-corrected chi connectivity index (χ4v) is 1.87. The third kappa shape index (κ3) is 3.09. The molecule has 0 saturated carbocycles. The summed E-state index contributed by atoms with van der Waals surface area (Å²) in [5.41, 5.74) is 7.08. The van der Waals surface area contributed by atoms with E-state index in [0.29, 0.717) is 23.6 Å². The predicted molar refractivity (Wildman–Crippen MR) is 66.4 cm³/mol. The molecule has 2 N–H and O–H groups in total. The fourth-order valence-electron chi connectivity index (χ4n) is 1.87. The van der Waals surface area contributed by atoms with Crippen molar-refractivity contribution in [2.75, 3.05) is 20.8 Å². The van der Waals surface area contributed by atoms with E-state index in [-0.39, 0.29) is 5.92 Å². The molecule has 0 spiro atoms. The number of methoxy groups -OCH3 is 2. The molecule has 0 bridgehead atoms. The largest absolute Gasteiger partial charge is 0.493 e. The lowest BCUT2D eigenvalue weighted by atomic mass is 9.95. The Hall–Kier alpha value is -1.29. The fraction of sp³-hybridized carbons (Fsp3) is 0.538. The molecular formula is C13H20FNO2. The first kappa shape index (κ1) is 13.8. The van der Waals surface area contributed by atoms with Crippen LogP contribution in [0.25, 0.3) is 0 Å². The van der Waals surface area contributed by atoms with E-state index in [1.165, 1.54) is 7.11 Å². The van der Waals surface area contributed by atoms with Gasteiger partial charge in [0, 0.05) is 5.56 Å². The average molecular weight is 241 g/mol. The third-order valence-corrected chi connectivity index (χ3v) is 2.89. The lowest BCUT2D eigenvalue weighted by molar-refractivity contribution is 0.344. The van der Waals surface area contributed by atoms with Crippen molar-refractivity contribution in [3.05, 3.63) is 23.3 Å². The Labute approximate surface area is 102 Å². The van der Waals surface area contributed by atoms with Crippen LogP contribution in [0.3, 0.4) is 0 Å². The van der Waals surface area contributed by atoms with Gasteiger partial charge >= 0.3 is 0 Å². The summed E-state index contributed by atoms with van der Waals surface area (Å²) in [6, 6.07) is 3.71. The SMILES string of the molecule is COc1cc(C(C)CCN)cc(CF)c1OC. The zero-order chi connectivity index (χ0) is 12.8. The van der Waals surface area contributed by atoms with Crippen molar-refractivity contribution in [1.29, 1.82) is 0 Å². The Kier molecular flexibility index (Phi) is 5.22. The van der Waals surface area contributed by atoms with Crippen molar-refractivity contribution in [3.8, 4) is 11.5 Å². The van der Waals surface area contributed by atoms with Crippen molar-refractivity contribution in [3.63, 3.8) is 0 Å². The van der Waals surface area contributed by atoms with Crippen molar-refractivity contribution >= 4 is 0 Å². The lowest BCUT2D eigenvalue weighted by Gasteiger charge is -2.17. The van der Waals surface area contributed by atoms with Gasteiger partial charge < -0.3 is 15.2 Å². The first-order valence-corrected chi connectivity index (χ1v) is 5.68. The molecule has 0 heterocycles. The summed E-state index contributed by atoms with van der Waals surface area (Å²) >= 11 is 0. The first-order chi connectivity index (χ1) is 8.17. The van der Waals surface area contributed by atoms with E-state index in [4.69, 9.17) is 15.2 Å². The van der Waals surface area contributed by atoms with Gasteiger partial charge in [0.25, 0.3) is 0 Å². The molecule has 0 amide bonds. The Morgan fingerprint density at radius 1 is 1.29 bits per heavy atom. The van der Waals surface area contributed by atoms with E-state index in [2.05, 4.69) is 6.92 Å². The molecule has 3 nitrogen and oxygen atoms in total. The van der Waals surface area contributed by atoms with Crippen LogP contribution in [-0.2, 0) is 6.67 Å². The molecule has 4 heteroatoms. The maximum absolute atomic E-state index is 13.0. The first-order valence-electron chi connectivity index (χ1n) is 5.68. The molecule has 0 aliphatic heterocycles. The summed E-state index contributed by atoms with van der Waals surface area (Å²) in [6.45, 7) is 2.11.